The van der Waals surface area contributed by atoms with Crippen LogP contribution in [0.5, 0.6) is 0 Å². The fourth-order valence-electron chi connectivity index (χ4n) is 2.17. The molecule has 110 valence electrons. The van der Waals surface area contributed by atoms with Crippen LogP contribution in [-0.4, -0.2) is 29.5 Å². The lowest BCUT2D eigenvalue weighted by Crippen LogP contribution is -2.42. The molecule has 0 spiro atoms. The highest BCUT2D eigenvalue weighted by Crippen LogP contribution is 2.15. The van der Waals surface area contributed by atoms with Gasteiger partial charge in [0.25, 0.3) is 0 Å². The smallest absolute Gasteiger partial charge is 0.328 e. The van der Waals surface area contributed by atoms with E-state index in [1.807, 2.05) is 30.3 Å². The normalized spacial score (nSPS) is 11.9. The van der Waals surface area contributed by atoms with Crippen LogP contribution in [-0.2, 0) is 20.7 Å². The third-order valence-corrected chi connectivity index (χ3v) is 3.06. The molecule has 0 aliphatic carbocycles. The van der Waals surface area contributed by atoms with E-state index in [4.69, 9.17) is 4.74 Å². The first kappa shape index (κ1) is 15.0. The Morgan fingerprint density at radius 1 is 1.33 bits per heavy atom. The maximum Gasteiger partial charge on any atom is 0.328 e. The van der Waals surface area contributed by atoms with Gasteiger partial charge in [-0.15, -0.1) is 0 Å². The van der Waals surface area contributed by atoms with Gasteiger partial charge in [-0.05, 0) is 30.7 Å². The maximum absolute atomic E-state index is 11.9. The first-order chi connectivity index (χ1) is 10.1. The van der Waals surface area contributed by atoms with E-state index in [1.54, 1.807) is 13.1 Å². The molecule has 0 aliphatic heterocycles. The second-order valence-electron chi connectivity index (χ2n) is 4.74. The van der Waals surface area contributed by atoms with Crippen LogP contribution in [0, 0.1) is 0 Å². The van der Waals surface area contributed by atoms with Gasteiger partial charge in [0.1, 0.15) is 6.04 Å². The average molecular weight is 286 g/mol. The van der Waals surface area contributed by atoms with E-state index in [0.29, 0.717) is 6.42 Å². The molecule has 1 heterocycles. The number of benzene rings is 1. The molecule has 0 saturated carbocycles. The lowest BCUT2D eigenvalue weighted by Gasteiger charge is -2.16. The summed E-state index contributed by atoms with van der Waals surface area (Å²) >= 11 is 0. The van der Waals surface area contributed by atoms with E-state index in [9.17, 15) is 9.59 Å². The predicted molar refractivity (Wildman–Crippen MR) is 79.7 cm³/mol. The molecule has 1 atom stereocenters. The van der Waals surface area contributed by atoms with Crippen LogP contribution >= 0.6 is 0 Å². The zero-order valence-electron chi connectivity index (χ0n) is 12.1. The average Bonchev–Trinajstić information content (AvgIpc) is 2.46. The van der Waals surface area contributed by atoms with Crippen LogP contribution in [0.15, 0.2) is 36.5 Å². The van der Waals surface area contributed by atoms with Gasteiger partial charge in [-0.3, -0.25) is 9.78 Å². The molecule has 2 aromatic rings. The zero-order chi connectivity index (χ0) is 15.2. The third kappa shape index (κ3) is 4.02. The maximum atomic E-state index is 11.9. The molecule has 1 N–H and O–H groups in total. The Morgan fingerprint density at radius 3 is 2.86 bits per heavy atom. The highest BCUT2D eigenvalue weighted by atomic mass is 16.5. The molecule has 1 unspecified atom stereocenters. The van der Waals surface area contributed by atoms with Crippen molar-refractivity contribution in [2.45, 2.75) is 26.3 Å². The molecule has 0 aliphatic rings. The Hall–Kier alpha value is -2.43. The SMILES string of the molecule is CCOC(=O)C(Cc1ccc2ncccc2c1)NC(C)=O. The van der Waals surface area contributed by atoms with E-state index in [2.05, 4.69) is 10.3 Å². The number of rotatable bonds is 5. The molecule has 1 aromatic carbocycles. The largest absolute Gasteiger partial charge is 0.464 e. The lowest BCUT2D eigenvalue weighted by molar-refractivity contribution is -0.147. The van der Waals surface area contributed by atoms with Gasteiger partial charge in [0.2, 0.25) is 5.91 Å². The van der Waals surface area contributed by atoms with Crippen molar-refractivity contribution < 1.29 is 14.3 Å². The van der Waals surface area contributed by atoms with Gasteiger partial charge in [-0.25, -0.2) is 4.79 Å². The number of nitrogens with one attached hydrogen (secondary N) is 1. The van der Waals surface area contributed by atoms with Gasteiger partial charge < -0.3 is 10.1 Å². The standard InChI is InChI=1S/C16H18N2O3/c1-3-21-16(20)15(18-11(2)19)10-12-6-7-14-13(9-12)5-4-8-17-14/h4-9,15H,3,10H2,1-2H3,(H,18,19). The number of nitrogens with zero attached hydrogens (tertiary/aromatic N) is 1. The molecular formula is C16H18N2O3. The fraction of sp³-hybridized carbons (Fsp3) is 0.312. The van der Waals surface area contributed by atoms with Crippen molar-refractivity contribution in [3.63, 3.8) is 0 Å². The minimum absolute atomic E-state index is 0.254. The molecule has 5 nitrogen and oxygen atoms in total. The van der Waals surface area contributed by atoms with Crippen molar-refractivity contribution in [2.24, 2.45) is 0 Å². The predicted octanol–water partition coefficient (Wildman–Crippen LogP) is 1.85. The molecule has 21 heavy (non-hydrogen) atoms. The minimum atomic E-state index is -0.670. The summed E-state index contributed by atoms with van der Waals surface area (Å²) in [7, 11) is 0. The Kier molecular flexibility index (Phi) is 4.87. The molecular weight excluding hydrogens is 268 g/mol. The number of hydrogen-bond acceptors (Lipinski definition) is 4. The summed E-state index contributed by atoms with van der Waals surface area (Å²) < 4.78 is 5.00. The van der Waals surface area contributed by atoms with Crippen molar-refractivity contribution in [1.29, 1.82) is 0 Å². The fourth-order valence-corrected chi connectivity index (χ4v) is 2.17. The molecule has 1 amide bonds. The highest BCUT2D eigenvalue weighted by molar-refractivity contribution is 5.84. The zero-order valence-corrected chi connectivity index (χ0v) is 12.1. The summed E-state index contributed by atoms with van der Waals surface area (Å²) in [4.78, 5) is 27.4. The topological polar surface area (TPSA) is 68.3 Å². The number of amides is 1. The number of hydrogen-bond donors (Lipinski definition) is 1. The van der Waals surface area contributed by atoms with Gasteiger partial charge in [-0.2, -0.15) is 0 Å². The van der Waals surface area contributed by atoms with E-state index in [1.165, 1.54) is 6.92 Å². The molecule has 0 fully saturated rings. The van der Waals surface area contributed by atoms with Crippen molar-refractivity contribution in [2.75, 3.05) is 6.61 Å². The monoisotopic (exact) mass is 286 g/mol. The molecule has 0 radical (unpaired) electrons. The van der Waals surface area contributed by atoms with E-state index in [-0.39, 0.29) is 12.5 Å². The van der Waals surface area contributed by atoms with Crippen LogP contribution < -0.4 is 5.32 Å². The number of carbonyl (C=O) groups excluding carboxylic acids is 2. The Labute approximate surface area is 123 Å². The minimum Gasteiger partial charge on any atom is -0.464 e. The van der Waals surface area contributed by atoms with Crippen LogP contribution in [0.25, 0.3) is 10.9 Å². The van der Waals surface area contributed by atoms with Crippen LogP contribution in [0.1, 0.15) is 19.4 Å². The number of fused-ring (bicyclic) bond motifs is 1. The molecule has 0 saturated heterocycles. The Morgan fingerprint density at radius 2 is 2.14 bits per heavy atom. The Balaban J connectivity index is 2.20. The van der Waals surface area contributed by atoms with Crippen LogP contribution in [0.4, 0.5) is 0 Å². The van der Waals surface area contributed by atoms with Crippen molar-refractivity contribution in [1.82, 2.24) is 10.3 Å². The van der Waals surface area contributed by atoms with Gasteiger partial charge in [0, 0.05) is 24.9 Å². The quantitative estimate of drug-likeness (QED) is 0.852. The van der Waals surface area contributed by atoms with Crippen molar-refractivity contribution >= 4 is 22.8 Å². The number of ether oxygens (including phenoxy) is 1. The van der Waals surface area contributed by atoms with Crippen LogP contribution in [0.2, 0.25) is 0 Å². The Bertz CT molecular complexity index is 655. The van der Waals surface area contributed by atoms with Gasteiger partial charge in [-0.1, -0.05) is 12.1 Å². The van der Waals surface area contributed by atoms with Crippen molar-refractivity contribution in [3.8, 4) is 0 Å². The highest BCUT2D eigenvalue weighted by Gasteiger charge is 2.21. The lowest BCUT2D eigenvalue weighted by atomic mass is 10.0. The second kappa shape index (κ2) is 6.83. The number of carbonyl (C=O) groups is 2. The van der Waals surface area contributed by atoms with Gasteiger partial charge in [0.15, 0.2) is 0 Å². The van der Waals surface area contributed by atoms with Gasteiger partial charge >= 0.3 is 5.97 Å². The molecule has 1 aromatic heterocycles. The summed E-state index contributed by atoms with van der Waals surface area (Å²) in [5, 5.41) is 3.63. The second-order valence-corrected chi connectivity index (χ2v) is 4.74. The van der Waals surface area contributed by atoms with E-state index < -0.39 is 12.0 Å². The van der Waals surface area contributed by atoms with Crippen LogP contribution in [0.3, 0.4) is 0 Å². The first-order valence-corrected chi connectivity index (χ1v) is 6.87. The molecule has 5 heteroatoms. The number of pyridine rings is 1. The van der Waals surface area contributed by atoms with E-state index in [0.717, 1.165) is 16.5 Å². The summed E-state index contributed by atoms with van der Waals surface area (Å²) in [6.45, 7) is 3.41. The van der Waals surface area contributed by atoms with Crippen molar-refractivity contribution in [3.05, 3.63) is 42.1 Å². The first-order valence-electron chi connectivity index (χ1n) is 6.87. The molecule has 0 bridgehead atoms. The summed E-state index contributed by atoms with van der Waals surface area (Å²) in [6, 6.07) is 8.93. The number of esters is 1. The summed E-state index contributed by atoms with van der Waals surface area (Å²) in [5.74, 6) is -0.672. The third-order valence-electron chi connectivity index (χ3n) is 3.06. The summed E-state index contributed by atoms with van der Waals surface area (Å²) in [6.07, 6.45) is 2.13. The summed E-state index contributed by atoms with van der Waals surface area (Å²) in [5.41, 5.74) is 1.84. The van der Waals surface area contributed by atoms with E-state index >= 15 is 0 Å². The number of aromatic nitrogens is 1. The molecule has 2 rings (SSSR count). The van der Waals surface area contributed by atoms with Gasteiger partial charge in [0.05, 0.1) is 12.1 Å².